The highest BCUT2D eigenvalue weighted by Gasteiger charge is 2.31. The Morgan fingerprint density at radius 1 is 1.30 bits per heavy atom. The lowest BCUT2D eigenvalue weighted by Gasteiger charge is -2.35. The highest BCUT2D eigenvalue weighted by Crippen LogP contribution is 2.33. The predicted molar refractivity (Wildman–Crippen MR) is 110 cm³/mol. The van der Waals surface area contributed by atoms with Crippen molar-refractivity contribution in [2.75, 3.05) is 31.1 Å². The Hall–Kier alpha value is -2.42. The number of aromatic nitrogens is 1. The van der Waals surface area contributed by atoms with E-state index >= 15 is 0 Å². The number of rotatable bonds is 6. The van der Waals surface area contributed by atoms with Gasteiger partial charge in [0.2, 0.25) is 5.88 Å². The summed E-state index contributed by atoms with van der Waals surface area (Å²) in [5.41, 5.74) is -0.0835. The predicted octanol–water partition coefficient (Wildman–Crippen LogP) is 2.62. The normalized spacial score (nSPS) is 21.6. The first-order valence-corrected chi connectivity index (χ1v) is 10.5. The zero-order valence-electron chi connectivity index (χ0n) is 17.9. The Bertz CT molecular complexity index is 760. The molecule has 0 spiro atoms. The van der Waals surface area contributed by atoms with Gasteiger partial charge in [-0.2, -0.15) is 0 Å². The van der Waals surface area contributed by atoms with E-state index < -0.39 is 17.5 Å². The van der Waals surface area contributed by atoms with Gasteiger partial charge in [-0.3, -0.25) is 4.79 Å². The van der Waals surface area contributed by atoms with Crippen molar-refractivity contribution in [2.24, 2.45) is 5.92 Å². The molecule has 2 N–H and O–H groups in total. The van der Waals surface area contributed by atoms with Crippen LogP contribution in [-0.2, 0) is 9.53 Å². The molecule has 2 heterocycles. The Labute approximate surface area is 176 Å². The number of halogens is 1. The summed E-state index contributed by atoms with van der Waals surface area (Å²) in [6.45, 7) is 7.17. The molecule has 2 amide bonds. The molecular weight excluding hydrogens is 391 g/mol. The van der Waals surface area contributed by atoms with Crippen molar-refractivity contribution >= 4 is 17.7 Å². The zero-order chi connectivity index (χ0) is 21.7. The maximum absolute atomic E-state index is 13.6. The molecule has 0 bridgehead atoms. The van der Waals surface area contributed by atoms with E-state index in [1.165, 1.54) is 6.07 Å². The number of amides is 2. The molecule has 8 nitrogen and oxygen atoms in total. The van der Waals surface area contributed by atoms with E-state index in [1.807, 2.05) is 20.8 Å². The highest BCUT2D eigenvalue weighted by molar-refractivity contribution is 5.97. The molecule has 1 fully saturated rings. The summed E-state index contributed by atoms with van der Waals surface area (Å²) in [5, 5.41) is 6.21. The van der Waals surface area contributed by atoms with Crippen LogP contribution < -0.4 is 20.3 Å². The second-order valence-corrected chi connectivity index (χ2v) is 8.87. The van der Waals surface area contributed by atoms with E-state index in [-0.39, 0.29) is 12.5 Å². The summed E-state index contributed by atoms with van der Waals surface area (Å²) in [4.78, 5) is 29.5. The van der Waals surface area contributed by atoms with Gasteiger partial charge in [-0.1, -0.05) is 0 Å². The number of alkyl carbamates (subject to hydrolysis) is 1. The maximum atomic E-state index is 13.6. The number of pyridine rings is 1. The number of anilines is 1. The Morgan fingerprint density at radius 3 is 2.73 bits per heavy atom. The van der Waals surface area contributed by atoms with Crippen LogP contribution in [0.1, 0.15) is 46.5 Å². The van der Waals surface area contributed by atoms with Crippen LogP contribution in [0.5, 0.6) is 5.88 Å². The minimum absolute atomic E-state index is 0.0623. The fourth-order valence-electron chi connectivity index (χ4n) is 3.83. The van der Waals surface area contributed by atoms with Gasteiger partial charge in [-0.05, 0) is 52.4 Å². The van der Waals surface area contributed by atoms with Crippen molar-refractivity contribution in [1.29, 1.82) is 0 Å². The standard InChI is InChI=1S/C21H31FN4O4/c1-21(2,3)30-20(28)24-9-8-23-16-6-4-14(5-7-16)12-26-17-10-15(22)11-25-19(17)29-13-18(26)27/h10-11,14,16,23H,4-9,12-13H2,1-3H3,(H,24,28). The van der Waals surface area contributed by atoms with E-state index in [9.17, 15) is 14.0 Å². The van der Waals surface area contributed by atoms with Crippen LogP contribution in [0.2, 0.25) is 0 Å². The highest BCUT2D eigenvalue weighted by atomic mass is 19.1. The third-order valence-corrected chi connectivity index (χ3v) is 5.24. The molecule has 1 aliphatic heterocycles. The topological polar surface area (TPSA) is 92.8 Å². The van der Waals surface area contributed by atoms with Gasteiger partial charge in [0.1, 0.15) is 17.1 Å². The lowest BCUT2D eigenvalue weighted by Crippen LogP contribution is -2.44. The quantitative estimate of drug-likeness (QED) is 0.685. The number of hydrogen-bond donors (Lipinski definition) is 2. The largest absolute Gasteiger partial charge is 0.466 e. The number of nitrogens with zero attached hydrogens (tertiary/aromatic N) is 2. The smallest absolute Gasteiger partial charge is 0.407 e. The molecule has 3 rings (SSSR count). The molecule has 2 aliphatic rings. The zero-order valence-corrected chi connectivity index (χ0v) is 17.9. The molecule has 1 aromatic rings. The van der Waals surface area contributed by atoms with Crippen molar-refractivity contribution in [3.63, 3.8) is 0 Å². The monoisotopic (exact) mass is 422 g/mol. The summed E-state index contributed by atoms with van der Waals surface area (Å²) in [6.07, 6.45) is 4.61. The third-order valence-electron chi connectivity index (χ3n) is 5.24. The van der Waals surface area contributed by atoms with Crippen molar-refractivity contribution in [2.45, 2.75) is 58.1 Å². The van der Waals surface area contributed by atoms with E-state index in [0.29, 0.717) is 43.2 Å². The molecule has 0 aromatic carbocycles. The molecule has 30 heavy (non-hydrogen) atoms. The van der Waals surface area contributed by atoms with Crippen molar-refractivity contribution in [1.82, 2.24) is 15.6 Å². The van der Waals surface area contributed by atoms with Crippen LogP contribution in [0.3, 0.4) is 0 Å². The number of fused-ring (bicyclic) bond motifs is 1. The van der Waals surface area contributed by atoms with Gasteiger partial charge in [0, 0.05) is 31.7 Å². The maximum Gasteiger partial charge on any atom is 0.407 e. The summed E-state index contributed by atoms with van der Waals surface area (Å²) in [5.74, 6) is 0.0123. The minimum atomic E-state index is -0.500. The third kappa shape index (κ3) is 6.29. The van der Waals surface area contributed by atoms with Gasteiger partial charge < -0.3 is 25.0 Å². The Kier molecular flexibility index (Phi) is 7.12. The van der Waals surface area contributed by atoms with Gasteiger partial charge in [0.05, 0.1) is 6.20 Å². The molecule has 0 radical (unpaired) electrons. The lowest BCUT2D eigenvalue weighted by atomic mass is 9.85. The van der Waals surface area contributed by atoms with Crippen LogP contribution in [0.15, 0.2) is 12.3 Å². The van der Waals surface area contributed by atoms with Gasteiger partial charge in [0.15, 0.2) is 6.61 Å². The van der Waals surface area contributed by atoms with Gasteiger partial charge >= 0.3 is 6.09 Å². The molecule has 0 saturated heterocycles. The van der Waals surface area contributed by atoms with E-state index in [2.05, 4.69) is 15.6 Å². The summed E-state index contributed by atoms with van der Waals surface area (Å²) < 4.78 is 24.1. The van der Waals surface area contributed by atoms with Crippen LogP contribution in [0, 0.1) is 11.7 Å². The molecular formula is C21H31FN4O4. The van der Waals surface area contributed by atoms with Crippen LogP contribution in [0.25, 0.3) is 0 Å². The molecule has 1 aliphatic carbocycles. The molecule has 166 valence electrons. The average Bonchev–Trinajstić information content (AvgIpc) is 2.67. The fourth-order valence-corrected chi connectivity index (χ4v) is 3.83. The minimum Gasteiger partial charge on any atom is -0.466 e. The lowest BCUT2D eigenvalue weighted by molar-refractivity contribution is -0.121. The van der Waals surface area contributed by atoms with E-state index in [4.69, 9.17) is 9.47 Å². The van der Waals surface area contributed by atoms with E-state index in [1.54, 1.807) is 4.90 Å². The van der Waals surface area contributed by atoms with Crippen LogP contribution >= 0.6 is 0 Å². The second-order valence-electron chi connectivity index (χ2n) is 8.87. The Balaban J connectivity index is 1.40. The van der Waals surface area contributed by atoms with Crippen molar-refractivity contribution in [3.8, 4) is 5.88 Å². The van der Waals surface area contributed by atoms with Crippen molar-refractivity contribution < 1.29 is 23.5 Å². The molecule has 1 saturated carbocycles. The molecule has 9 heteroatoms. The number of ether oxygens (including phenoxy) is 2. The molecule has 0 unspecified atom stereocenters. The Morgan fingerprint density at radius 2 is 2.03 bits per heavy atom. The van der Waals surface area contributed by atoms with E-state index in [0.717, 1.165) is 31.9 Å². The number of hydrogen-bond acceptors (Lipinski definition) is 6. The van der Waals surface area contributed by atoms with Crippen LogP contribution in [-0.4, -0.2) is 54.9 Å². The summed E-state index contributed by atoms with van der Waals surface area (Å²) in [7, 11) is 0. The molecule has 0 atom stereocenters. The summed E-state index contributed by atoms with van der Waals surface area (Å²) in [6, 6.07) is 1.69. The second kappa shape index (κ2) is 9.59. The van der Waals surface area contributed by atoms with Crippen molar-refractivity contribution in [3.05, 3.63) is 18.1 Å². The first kappa shape index (κ1) is 22.3. The number of carbonyl (C=O) groups excluding carboxylic acids is 2. The first-order chi connectivity index (χ1) is 14.2. The average molecular weight is 423 g/mol. The summed E-state index contributed by atoms with van der Waals surface area (Å²) >= 11 is 0. The molecule has 1 aromatic heterocycles. The fraction of sp³-hybridized carbons (Fsp3) is 0.667. The van der Waals surface area contributed by atoms with Crippen LogP contribution in [0.4, 0.5) is 14.9 Å². The SMILES string of the molecule is CC(C)(C)OC(=O)NCCNC1CCC(CN2C(=O)COc3ncc(F)cc32)CC1. The van der Waals surface area contributed by atoms with Gasteiger partial charge in [-0.25, -0.2) is 14.2 Å². The first-order valence-electron chi connectivity index (χ1n) is 10.5. The number of carbonyl (C=O) groups is 2. The van der Waals surface area contributed by atoms with Gasteiger partial charge in [0.25, 0.3) is 5.91 Å². The number of nitrogens with one attached hydrogen (secondary N) is 2. The van der Waals surface area contributed by atoms with Gasteiger partial charge in [-0.15, -0.1) is 0 Å².